The summed E-state index contributed by atoms with van der Waals surface area (Å²) >= 11 is 0. The number of hydrogen-bond donors (Lipinski definition) is 3. The molecule has 10 heteroatoms. The fourth-order valence-electron chi connectivity index (χ4n) is 3.28. The lowest BCUT2D eigenvalue weighted by Gasteiger charge is -2.19. The zero-order valence-corrected chi connectivity index (χ0v) is 20.2. The van der Waals surface area contributed by atoms with Gasteiger partial charge in [0.05, 0.1) is 35.7 Å². The number of ether oxygens (including phenoxy) is 2. The number of carbonyl (C=O) groups excluding carboxylic acids is 2. The Morgan fingerprint density at radius 2 is 1.46 bits per heavy atom. The van der Waals surface area contributed by atoms with Gasteiger partial charge in [-0.05, 0) is 55.8 Å². The number of primary sulfonamides is 1. The van der Waals surface area contributed by atoms with Crippen LogP contribution in [-0.4, -0.2) is 33.6 Å². The summed E-state index contributed by atoms with van der Waals surface area (Å²) < 4.78 is 35.1. The molecule has 0 aliphatic rings. The van der Waals surface area contributed by atoms with E-state index in [1.54, 1.807) is 38.1 Å². The van der Waals surface area contributed by atoms with Crippen molar-refractivity contribution < 1.29 is 27.5 Å². The van der Waals surface area contributed by atoms with Crippen LogP contribution in [-0.2, 0) is 26.0 Å². The molecule has 3 rings (SSSR count). The van der Waals surface area contributed by atoms with Gasteiger partial charge in [-0.3, -0.25) is 0 Å². The van der Waals surface area contributed by atoms with Crippen LogP contribution in [0.1, 0.15) is 40.1 Å². The van der Waals surface area contributed by atoms with Crippen LogP contribution in [0.4, 0.5) is 17.1 Å². The lowest BCUT2D eigenvalue weighted by atomic mass is 10.1. The summed E-state index contributed by atoms with van der Waals surface area (Å²) in [5.41, 5.74) is 2.31. The topological polar surface area (TPSA) is 137 Å². The second kappa shape index (κ2) is 11.5. The van der Waals surface area contributed by atoms with Gasteiger partial charge >= 0.3 is 11.9 Å². The Balaban J connectivity index is 2.05. The number of anilines is 3. The van der Waals surface area contributed by atoms with Crippen LogP contribution in [0.5, 0.6) is 0 Å². The first-order valence-electron chi connectivity index (χ1n) is 10.9. The van der Waals surface area contributed by atoms with Crippen molar-refractivity contribution in [3.8, 4) is 0 Å². The van der Waals surface area contributed by atoms with E-state index in [9.17, 15) is 18.0 Å². The highest BCUT2D eigenvalue weighted by molar-refractivity contribution is 7.89. The molecule has 0 heterocycles. The molecular formula is C25H27N3O6S. The smallest absolute Gasteiger partial charge is 0.338 e. The molecule has 0 aliphatic heterocycles. The van der Waals surface area contributed by atoms with E-state index in [0.717, 1.165) is 5.56 Å². The molecule has 0 unspecified atom stereocenters. The fraction of sp³-hybridized carbons (Fsp3) is 0.200. The molecule has 0 aliphatic carbocycles. The zero-order valence-electron chi connectivity index (χ0n) is 19.4. The van der Waals surface area contributed by atoms with Crippen LogP contribution in [0.15, 0.2) is 71.6 Å². The minimum Gasteiger partial charge on any atom is -0.462 e. The van der Waals surface area contributed by atoms with Gasteiger partial charge in [0.25, 0.3) is 0 Å². The maximum absolute atomic E-state index is 12.5. The van der Waals surface area contributed by atoms with E-state index in [4.69, 9.17) is 14.6 Å². The van der Waals surface area contributed by atoms with E-state index >= 15 is 0 Å². The van der Waals surface area contributed by atoms with Crippen molar-refractivity contribution in [2.24, 2.45) is 5.14 Å². The molecule has 0 spiro atoms. The Labute approximate surface area is 204 Å². The third-order valence-electron chi connectivity index (χ3n) is 4.91. The number of benzene rings is 3. The summed E-state index contributed by atoms with van der Waals surface area (Å²) in [4.78, 5) is 24.1. The summed E-state index contributed by atoms with van der Waals surface area (Å²) in [6, 6.07) is 18.5. The molecule has 4 N–H and O–H groups in total. The van der Waals surface area contributed by atoms with Crippen LogP contribution in [0, 0.1) is 0 Å². The molecule has 0 radical (unpaired) electrons. The normalized spacial score (nSPS) is 10.9. The summed E-state index contributed by atoms with van der Waals surface area (Å²) in [7, 11) is -4.24. The maximum Gasteiger partial charge on any atom is 0.338 e. The van der Waals surface area contributed by atoms with Gasteiger partial charge < -0.3 is 20.1 Å². The van der Waals surface area contributed by atoms with E-state index in [0.29, 0.717) is 23.5 Å². The fourth-order valence-corrected chi connectivity index (χ4v) is 4.02. The molecule has 0 bridgehead atoms. The Morgan fingerprint density at radius 3 is 2.03 bits per heavy atom. The van der Waals surface area contributed by atoms with E-state index in [-0.39, 0.29) is 29.4 Å². The second-order valence-electron chi connectivity index (χ2n) is 7.42. The third-order valence-corrected chi connectivity index (χ3v) is 5.85. The number of sulfonamides is 1. The minimum absolute atomic E-state index is 0.0367. The number of nitrogens with one attached hydrogen (secondary N) is 2. The van der Waals surface area contributed by atoms with Crippen LogP contribution in [0.25, 0.3) is 0 Å². The van der Waals surface area contributed by atoms with Crippen molar-refractivity contribution in [1.29, 1.82) is 0 Å². The van der Waals surface area contributed by atoms with Gasteiger partial charge in [0, 0.05) is 12.2 Å². The predicted molar refractivity (Wildman–Crippen MR) is 133 cm³/mol. The van der Waals surface area contributed by atoms with Crippen molar-refractivity contribution >= 4 is 39.0 Å². The van der Waals surface area contributed by atoms with Crippen molar-refractivity contribution in [1.82, 2.24) is 0 Å². The SMILES string of the molecule is CCOC(=O)c1ccc(Nc2c(NCc3ccccc3)cc(C(=O)OCC)cc2S(N)(=O)=O)cc1. The molecule has 0 atom stereocenters. The molecule has 9 nitrogen and oxygen atoms in total. The quantitative estimate of drug-likeness (QED) is 0.357. The molecule has 0 saturated heterocycles. The van der Waals surface area contributed by atoms with Gasteiger partial charge in [-0.1, -0.05) is 30.3 Å². The summed E-state index contributed by atoms with van der Waals surface area (Å²) in [6.07, 6.45) is 0. The average molecular weight is 498 g/mol. The number of nitrogens with two attached hydrogens (primary N) is 1. The highest BCUT2D eigenvalue weighted by Gasteiger charge is 2.23. The van der Waals surface area contributed by atoms with Gasteiger partial charge in [-0.25, -0.2) is 23.1 Å². The first-order chi connectivity index (χ1) is 16.7. The number of hydrogen-bond acceptors (Lipinski definition) is 8. The second-order valence-corrected chi connectivity index (χ2v) is 8.95. The molecule has 184 valence electrons. The van der Waals surface area contributed by atoms with Crippen molar-refractivity contribution in [3.05, 3.63) is 83.4 Å². The Morgan fingerprint density at radius 1 is 0.857 bits per heavy atom. The monoisotopic (exact) mass is 497 g/mol. The van der Waals surface area contributed by atoms with Crippen LogP contribution in [0.3, 0.4) is 0 Å². The summed E-state index contributed by atoms with van der Waals surface area (Å²) in [6.45, 7) is 4.10. The third kappa shape index (κ3) is 6.81. The van der Waals surface area contributed by atoms with E-state index < -0.39 is 22.0 Å². The first kappa shape index (κ1) is 25.7. The molecule has 0 saturated carbocycles. The lowest BCUT2D eigenvalue weighted by Crippen LogP contribution is -2.17. The van der Waals surface area contributed by atoms with Crippen molar-refractivity contribution in [3.63, 3.8) is 0 Å². The predicted octanol–water partition coefficient (Wildman–Crippen LogP) is 4.04. The van der Waals surface area contributed by atoms with Gasteiger partial charge in [0.15, 0.2) is 0 Å². The number of carbonyl (C=O) groups is 2. The van der Waals surface area contributed by atoms with Crippen LogP contribution in [0.2, 0.25) is 0 Å². The molecule has 35 heavy (non-hydrogen) atoms. The van der Waals surface area contributed by atoms with Crippen LogP contribution >= 0.6 is 0 Å². The number of esters is 2. The minimum atomic E-state index is -4.24. The lowest BCUT2D eigenvalue weighted by molar-refractivity contribution is 0.0516. The van der Waals surface area contributed by atoms with Gasteiger partial charge in [0.1, 0.15) is 4.90 Å². The maximum atomic E-state index is 12.5. The average Bonchev–Trinajstić information content (AvgIpc) is 2.84. The summed E-state index contributed by atoms with van der Waals surface area (Å²) in [5, 5.41) is 11.8. The van der Waals surface area contributed by atoms with Crippen LogP contribution < -0.4 is 15.8 Å². The largest absolute Gasteiger partial charge is 0.462 e. The van der Waals surface area contributed by atoms with E-state index in [1.807, 2.05) is 30.3 Å². The Hall–Kier alpha value is -3.89. The Bertz CT molecular complexity index is 1290. The van der Waals surface area contributed by atoms with Gasteiger partial charge in [-0.15, -0.1) is 0 Å². The zero-order chi connectivity index (χ0) is 25.4. The highest BCUT2D eigenvalue weighted by Crippen LogP contribution is 2.34. The Kier molecular flexibility index (Phi) is 8.45. The number of rotatable bonds is 10. The highest BCUT2D eigenvalue weighted by atomic mass is 32.2. The standard InChI is InChI=1S/C25H27N3O6S/c1-3-33-24(29)18-10-12-20(13-11-18)28-23-21(27-16-17-8-6-5-7-9-17)14-19(25(30)34-4-2)15-22(23)35(26,31)32/h5-15,27-28H,3-4,16H2,1-2H3,(H2,26,31,32). The van der Waals surface area contributed by atoms with Crippen molar-refractivity contribution in [2.45, 2.75) is 25.3 Å². The molecule has 3 aromatic rings. The van der Waals surface area contributed by atoms with Gasteiger partial charge in [0.2, 0.25) is 10.0 Å². The molecular weight excluding hydrogens is 470 g/mol. The molecule has 0 amide bonds. The first-order valence-corrected chi connectivity index (χ1v) is 12.5. The summed E-state index contributed by atoms with van der Waals surface area (Å²) in [5.74, 6) is -1.14. The van der Waals surface area contributed by atoms with E-state index in [1.165, 1.54) is 12.1 Å². The van der Waals surface area contributed by atoms with E-state index in [2.05, 4.69) is 10.6 Å². The van der Waals surface area contributed by atoms with Gasteiger partial charge in [-0.2, -0.15) is 0 Å². The molecule has 3 aromatic carbocycles. The molecule has 0 aromatic heterocycles. The van der Waals surface area contributed by atoms with Crippen molar-refractivity contribution in [2.75, 3.05) is 23.8 Å². The molecule has 0 fully saturated rings.